The summed E-state index contributed by atoms with van der Waals surface area (Å²) in [6.07, 6.45) is 0. The highest BCUT2D eigenvalue weighted by atomic mass is 32.1. The van der Waals surface area contributed by atoms with Gasteiger partial charge in [0.25, 0.3) is 9.12 Å². The Hall–Kier alpha value is -0.436. The van der Waals surface area contributed by atoms with E-state index in [4.69, 9.17) is 12.2 Å². The van der Waals surface area contributed by atoms with Gasteiger partial charge >= 0.3 is 0 Å². The summed E-state index contributed by atoms with van der Waals surface area (Å²) in [4.78, 5) is 6.38. The van der Waals surface area contributed by atoms with Crippen molar-refractivity contribution in [3.05, 3.63) is 24.6 Å². The first-order valence-electron chi connectivity index (χ1n) is 4.24. The molecule has 0 bridgehead atoms. The van der Waals surface area contributed by atoms with Gasteiger partial charge in [-0.05, 0) is 25.8 Å². The molecule has 0 aliphatic heterocycles. The zero-order valence-corrected chi connectivity index (χ0v) is 11.7. The second-order valence-corrected chi connectivity index (χ2v) is 7.44. The largest absolute Gasteiger partial charge is 0.375 e. The van der Waals surface area contributed by atoms with E-state index in [-0.39, 0.29) is 0 Å². The smallest absolute Gasteiger partial charge is 0.288 e. The Labute approximate surface area is 95.3 Å². The van der Waals surface area contributed by atoms with Crippen LogP contribution in [0.2, 0.25) is 6.55 Å². The van der Waals surface area contributed by atoms with Crippen molar-refractivity contribution in [3.8, 4) is 0 Å². The maximum absolute atomic E-state index is 5.26. The van der Waals surface area contributed by atoms with E-state index in [2.05, 4.69) is 34.2 Å². The normalized spacial score (nSPS) is 10.1. The highest BCUT2D eigenvalue weighted by Gasteiger charge is 2.14. The van der Waals surface area contributed by atoms with Crippen LogP contribution < -0.4 is 9.96 Å². The van der Waals surface area contributed by atoms with Crippen LogP contribution in [0.25, 0.3) is 0 Å². The monoisotopic (exact) mass is 243 g/mol. The summed E-state index contributed by atoms with van der Waals surface area (Å²) in [5, 5.41) is 0.768. The molecule has 0 atom stereocenters. The first kappa shape index (κ1) is 13.6. The summed E-state index contributed by atoms with van der Waals surface area (Å²) in [7, 11) is 2.23. The molecule has 0 heterocycles. The molecule has 0 aromatic heterocycles. The fourth-order valence-corrected chi connectivity index (χ4v) is 3.06. The minimum atomic E-state index is -0.945. The molecule has 0 aliphatic rings. The molecule has 78 valence electrons. The molecule has 0 amide bonds. The van der Waals surface area contributed by atoms with Crippen molar-refractivity contribution < 1.29 is 0 Å². The molecule has 2 N–H and O–H groups in total. The Morgan fingerprint density at radius 1 is 1.43 bits per heavy atom. The van der Waals surface area contributed by atoms with E-state index in [9.17, 15) is 0 Å². The molecular weight excluding hydrogens is 226 g/mol. The van der Waals surface area contributed by atoms with Crippen LogP contribution in [0, 0.1) is 0 Å². The van der Waals surface area contributed by atoms with E-state index in [0.717, 1.165) is 5.11 Å². The summed E-state index contributed by atoms with van der Waals surface area (Å²) < 4.78 is 2.07. The quantitative estimate of drug-likeness (QED) is 0.545. The van der Waals surface area contributed by atoms with Gasteiger partial charge in [0, 0.05) is 7.05 Å². The molecule has 0 saturated heterocycles. The number of rotatable bonds is 5. The van der Waals surface area contributed by atoms with Gasteiger partial charge in [0.2, 0.25) is 0 Å². The molecule has 0 aliphatic carbocycles. The molecule has 0 fully saturated rings. The molecule has 14 heavy (non-hydrogen) atoms. The first-order valence-corrected chi connectivity index (χ1v) is 8.25. The second-order valence-electron chi connectivity index (χ2n) is 2.70. The van der Waals surface area contributed by atoms with E-state index >= 15 is 0 Å². The molecule has 3 nitrogen and oxygen atoms in total. The highest BCUT2D eigenvalue weighted by molar-refractivity contribution is 7.80. The lowest BCUT2D eigenvalue weighted by Crippen LogP contribution is -2.53. The molecule has 0 rings (SSSR count). The van der Waals surface area contributed by atoms with Crippen molar-refractivity contribution >= 4 is 35.4 Å². The number of hydrogen-bond acceptors (Lipinski definition) is 2. The number of nitrogens with zero attached hydrogens (tertiary/aromatic N) is 1. The van der Waals surface area contributed by atoms with Gasteiger partial charge in [-0.2, -0.15) is 0 Å². The van der Waals surface area contributed by atoms with E-state index in [1.807, 2.05) is 25.5 Å². The Morgan fingerprint density at radius 2 is 2.00 bits per heavy atom. The van der Waals surface area contributed by atoms with Gasteiger partial charge in [0.05, 0.1) is 0 Å². The predicted molar refractivity (Wildman–Crippen MR) is 70.3 cm³/mol. The van der Waals surface area contributed by atoms with Crippen molar-refractivity contribution in [2.24, 2.45) is 0 Å². The summed E-state index contributed by atoms with van der Waals surface area (Å²) in [5.74, 6) is 0. The second kappa shape index (κ2) is 6.94. The third kappa shape index (κ3) is 4.18. The zero-order valence-electron chi connectivity index (χ0n) is 8.92. The number of nitrogens with one attached hydrogen (secondary N) is 2. The van der Waals surface area contributed by atoms with E-state index in [0.29, 0.717) is 0 Å². The summed E-state index contributed by atoms with van der Waals surface area (Å²) in [6, 6.07) is 0. The molecule has 0 unspecified atom stereocenters. The lowest BCUT2D eigenvalue weighted by molar-refractivity contribution is 0.779. The topological polar surface area (TPSA) is 27.3 Å². The lowest BCUT2D eigenvalue weighted by atomic mass is 11.1. The Balaban J connectivity index is 4.18. The third-order valence-corrected chi connectivity index (χ3v) is 5.89. The average molecular weight is 243 g/mol. The molecule has 2 radical (unpaired) electrons. The summed E-state index contributed by atoms with van der Waals surface area (Å²) in [6.45, 7) is 9.66. The van der Waals surface area contributed by atoms with Crippen LogP contribution in [0.1, 0.15) is 0 Å². The van der Waals surface area contributed by atoms with Gasteiger partial charge in [0.15, 0.2) is 14.1 Å². The van der Waals surface area contributed by atoms with Gasteiger partial charge in [-0.3, -0.25) is 0 Å². The van der Waals surface area contributed by atoms with Crippen LogP contribution in [0.15, 0.2) is 24.6 Å². The Bertz CT molecular complexity index is 223. The van der Waals surface area contributed by atoms with Crippen LogP contribution in [0.3, 0.4) is 0 Å². The molecule has 0 saturated carbocycles. The SMILES string of the molecule is C=C[Si](NC)NC(=S)N(C)[Si](C)C=C. The van der Waals surface area contributed by atoms with Gasteiger partial charge in [-0.1, -0.05) is 11.4 Å². The van der Waals surface area contributed by atoms with Crippen LogP contribution in [-0.2, 0) is 0 Å². The molecule has 0 spiro atoms. The van der Waals surface area contributed by atoms with Gasteiger partial charge in [-0.15, -0.1) is 13.2 Å². The van der Waals surface area contributed by atoms with Crippen LogP contribution >= 0.6 is 12.2 Å². The van der Waals surface area contributed by atoms with Gasteiger partial charge in [0.1, 0.15) is 0 Å². The lowest BCUT2D eigenvalue weighted by Gasteiger charge is -2.25. The molecule has 0 aromatic rings. The van der Waals surface area contributed by atoms with Crippen LogP contribution in [0.4, 0.5) is 0 Å². The van der Waals surface area contributed by atoms with Crippen molar-refractivity contribution in [2.45, 2.75) is 6.55 Å². The Morgan fingerprint density at radius 3 is 2.36 bits per heavy atom. The van der Waals surface area contributed by atoms with Gasteiger partial charge in [-0.25, -0.2) is 0 Å². The molecular formula is C8H17N3SSi2. The van der Waals surface area contributed by atoms with Crippen molar-refractivity contribution in [2.75, 3.05) is 14.1 Å². The maximum atomic E-state index is 5.26. The number of hydrogen-bond donors (Lipinski definition) is 2. The molecule has 6 heteroatoms. The summed E-state index contributed by atoms with van der Waals surface area (Å²) >= 11 is 5.26. The van der Waals surface area contributed by atoms with Crippen molar-refractivity contribution in [3.63, 3.8) is 0 Å². The standard InChI is InChI=1S/C8H17N3SSi2/c1-6-13(5)11(4)8(12)10-14(7-2)9-3/h6-7,9H,1-2H2,3-5H3,(H,10,12). The third-order valence-electron chi connectivity index (χ3n) is 1.84. The maximum Gasteiger partial charge on any atom is 0.288 e. The van der Waals surface area contributed by atoms with Crippen LogP contribution in [0.5, 0.6) is 0 Å². The minimum Gasteiger partial charge on any atom is -0.375 e. The van der Waals surface area contributed by atoms with E-state index < -0.39 is 18.1 Å². The number of thiocarbonyl (C=S) groups is 1. The fraction of sp³-hybridized carbons (Fsp3) is 0.375. The predicted octanol–water partition coefficient (Wildman–Crippen LogP) is 0.572. The minimum absolute atomic E-state index is 0.719. The van der Waals surface area contributed by atoms with E-state index in [1.54, 1.807) is 0 Å². The average Bonchev–Trinajstić information content (AvgIpc) is 2.23. The van der Waals surface area contributed by atoms with E-state index in [1.165, 1.54) is 0 Å². The van der Waals surface area contributed by atoms with Crippen LogP contribution in [-0.4, -0.2) is 41.9 Å². The molecule has 0 aromatic carbocycles. The van der Waals surface area contributed by atoms with Gasteiger partial charge < -0.3 is 14.5 Å². The Kier molecular flexibility index (Phi) is 6.72. The first-order chi connectivity index (χ1) is 6.56. The summed E-state index contributed by atoms with van der Waals surface area (Å²) in [5.41, 5.74) is 3.83. The van der Waals surface area contributed by atoms with Crippen molar-refractivity contribution in [1.82, 2.24) is 14.5 Å². The zero-order chi connectivity index (χ0) is 11.1. The highest BCUT2D eigenvalue weighted by Crippen LogP contribution is 1.93. The van der Waals surface area contributed by atoms with Crippen molar-refractivity contribution in [1.29, 1.82) is 0 Å². The fourth-order valence-electron chi connectivity index (χ4n) is 0.712.